The van der Waals surface area contributed by atoms with Crippen LogP contribution in [-0.4, -0.2) is 4.99 Å². The molecule has 1 aromatic rings. The second-order valence-corrected chi connectivity index (χ2v) is 3.07. The summed E-state index contributed by atoms with van der Waals surface area (Å²) in [5, 5.41) is 8.77. The Balaban J connectivity index is 3.23. The lowest BCUT2D eigenvalue weighted by Gasteiger charge is -2.03. The fourth-order valence-electron chi connectivity index (χ4n) is 1.01. The number of benzene rings is 1. The van der Waals surface area contributed by atoms with Gasteiger partial charge < -0.3 is 11.5 Å². The van der Waals surface area contributed by atoms with Crippen molar-refractivity contribution in [2.75, 3.05) is 0 Å². The Kier molecular flexibility index (Phi) is 3.21. The molecule has 4 heteroatoms. The molecule has 0 radical (unpaired) electrons. The van der Waals surface area contributed by atoms with Gasteiger partial charge in [-0.3, -0.25) is 0 Å². The van der Waals surface area contributed by atoms with E-state index in [0.29, 0.717) is 5.70 Å². The molecule has 0 saturated heterocycles. The summed E-state index contributed by atoms with van der Waals surface area (Å²) in [6.07, 6.45) is 0. The van der Waals surface area contributed by atoms with Crippen molar-refractivity contribution < 1.29 is 0 Å². The number of hydrogen-bond donors (Lipinski definition) is 2. The van der Waals surface area contributed by atoms with Crippen LogP contribution >= 0.6 is 12.2 Å². The Bertz CT molecular complexity index is 415. The predicted molar refractivity (Wildman–Crippen MR) is 59.9 cm³/mol. The highest BCUT2D eigenvalue weighted by molar-refractivity contribution is 7.80. The van der Waals surface area contributed by atoms with Gasteiger partial charge in [0.15, 0.2) is 0 Å². The molecule has 14 heavy (non-hydrogen) atoms. The molecule has 0 atom stereocenters. The number of hydrogen-bond acceptors (Lipinski definition) is 3. The van der Waals surface area contributed by atoms with Gasteiger partial charge in [-0.2, -0.15) is 5.26 Å². The van der Waals surface area contributed by atoms with E-state index in [0.717, 1.165) is 5.56 Å². The van der Waals surface area contributed by atoms with Gasteiger partial charge in [-0.1, -0.05) is 42.5 Å². The van der Waals surface area contributed by atoms with Crippen LogP contribution in [0.3, 0.4) is 0 Å². The largest absolute Gasteiger partial charge is 0.397 e. The maximum atomic E-state index is 8.77. The standard InChI is InChI=1S/C10H9N3S/c11-6-8(10(13)14)9(12)7-4-2-1-3-5-7/h1-5H,12H2,(H2,13,14)/b9-8-. The van der Waals surface area contributed by atoms with E-state index >= 15 is 0 Å². The molecule has 0 saturated carbocycles. The van der Waals surface area contributed by atoms with Crippen molar-refractivity contribution in [1.29, 1.82) is 5.26 Å². The zero-order valence-electron chi connectivity index (χ0n) is 7.40. The molecule has 0 aliphatic heterocycles. The fourth-order valence-corrected chi connectivity index (χ4v) is 1.17. The van der Waals surface area contributed by atoms with E-state index in [-0.39, 0.29) is 10.6 Å². The average Bonchev–Trinajstić information content (AvgIpc) is 2.19. The maximum Gasteiger partial charge on any atom is 0.116 e. The molecule has 4 N–H and O–H groups in total. The van der Waals surface area contributed by atoms with Crippen LogP contribution in [0, 0.1) is 11.3 Å². The van der Waals surface area contributed by atoms with Gasteiger partial charge in [0, 0.05) is 0 Å². The first-order valence-corrected chi connectivity index (χ1v) is 4.32. The molecule has 1 aromatic carbocycles. The Hall–Kier alpha value is -1.86. The minimum absolute atomic E-state index is 0.0221. The molecule has 0 spiro atoms. The van der Waals surface area contributed by atoms with E-state index in [1.165, 1.54) is 0 Å². The summed E-state index contributed by atoms with van der Waals surface area (Å²) < 4.78 is 0. The molecule has 0 heterocycles. The molecule has 0 fully saturated rings. The quantitative estimate of drug-likeness (QED) is 0.429. The van der Waals surface area contributed by atoms with E-state index in [1.807, 2.05) is 24.3 Å². The van der Waals surface area contributed by atoms with E-state index in [1.54, 1.807) is 12.1 Å². The van der Waals surface area contributed by atoms with Crippen LogP contribution in [0.2, 0.25) is 0 Å². The van der Waals surface area contributed by atoms with E-state index < -0.39 is 0 Å². The highest BCUT2D eigenvalue weighted by atomic mass is 32.1. The average molecular weight is 203 g/mol. The molecule has 3 nitrogen and oxygen atoms in total. The molecule has 0 aliphatic rings. The summed E-state index contributed by atoms with van der Waals surface area (Å²) in [4.78, 5) is 0.0221. The summed E-state index contributed by atoms with van der Waals surface area (Å²) in [7, 11) is 0. The highest BCUT2D eigenvalue weighted by Crippen LogP contribution is 2.12. The van der Waals surface area contributed by atoms with Gasteiger partial charge in [0.2, 0.25) is 0 Å². The fraction of sp³-hybridized carbons (Fsp3) is 0. The summed E-state index contributed by atoms with van der Waals surface area (Å²) in [6.45, 7) is 0. The van der Waals surface area contributed by atoms with Crippen LogP contribution in [0.15, 0.2) is 35.9 Å². The van der Waals surface area contributed by atoms with Crippen LogP contribution in [0.5, 0.6) is 0 Å². The molecule has 0 aliphatic carbocycles. The summed E-state index contributed by atoms with van der Waals surface area (Å²) >= 11 is 4.71. The minimum atomic E-state index is 0.0221. The van der Waals surface area contributed by atoms with Crippen molar-refractivity contribution in [3.05, 3.63) is 41.5 Å². The van der Waals surface area contributed by atoms with Gasteiger partial charge in [0.05, 0.1) is 5.70 Å². The van der Waals surface area contributed by atoms with Crippen LogP contribution in [0.4, 0.5) is 0 Å². The Labute approximate surface area is 87.6 Å². The highest BCUT2D eigenvalue weighted by Gasteiger charge is 2.07. The van der Waals surface area contributed by atoms with Crippen LogP contribution in [0.25, 0.3) is 5.70 Å². The molecule has 0 amide bonds. The SMILES string of the molecule is N#C/C(C(N)=S)=C(/N)c1ccccc1. The first kappa shape index (κ1) is 10.2. The first-order valence-electron chi connectivity index (χ1n) is 3.92. The zero-order valence-corrected chi connectivity index (χ0v) is 8.21. The van der Waals surface area contributed by atoms with Crippen LogP contribution in [-0.2, 0) is 0 Å². The molecular formula is C10H9N3S. The normalized spacial score (nSPS) is 11.4. The van der Waals surface area contributed by atoms with Gasteiger partial charge in [-0.15, -0.1) is 0 Å². The number of nitrogens with zero attached hydrogens (tertiary/aromatic N) is 1. The minimum Gasteiger partial charge on any atom is -0.397 e. The van der Waals surface area contributed by atoms with Crippen molar-refractivity contribution in [3.63, 3.8) is 0 Å². The third-order valence-electron chi connectivity index (χ3n) is 1.71. The third kappa shape index (κ3) is 2.09. The van der Waals surface area contributed by atoms with Gasteiger partial charge >= 0.3 is 0 Å². The maximum absolute atomic E-state index is 8.77. The topological polar surface area (TPSA) is 75.8 Å². The van der Waals surface area contributed by atoms with E-state index in [4.69, 9.17) is 28.9 Å². The van der Waals surface area contributed by atoms with Crippen molar-refractivity contribution >= 4 is 22.9 Å². The summed E-state index contributed by atoms with van der Waals surface area (Å²) in [6, 6.07) is 11.0. The predicted octanol–water partition coefficient (Wildman–Crippen LogP) is 1.17. The molecule has 70 valence electrons. The zero-order chi connectivity index (χ0) is 10.6. The lowest BCUT2D eigenvalue weighted by Crippen LogP contribution is -2.15. The number of nitrogens with two attached hydrogens (primary N) is 2. The lowest BCUT2D eigenvalue weighted by atomic mass is 10.1. The van der Waals surface area contributed by atoms with Crippen molar-refractivity contribution in [2.24, 2.45) is 11.5 Å². The Morgan fingerprint density at radius 2 is 1.79 bits per heavy atom. The summed E-state index contributed by atoms with van der Waals surface area (Å²) in [5.41, 5.74) is 12.3. The molecule has 0 bridgehead atoms. The Morgan fingerprint density at radius 3 is 2.21 bits per heavy atom. The van der Waals surface area contributed by atoms with Gasteiger partial charge in [0.1, 0.15) is 16.6 Å². The number of thiocarbonyl (C=S) groups is 1. The van der Waals surface area contributed by atoms with Crippen molar-refractivity contribution in [1.82, 2.24) is 0 Å². The van der Waals surface area contributed by atoms with Gasteiger partial charge in [-0.05, 0) is 5.56 Å². The molecular weight excluding hydrogens is 194 g/mol. The van der Waals surface area contributed by atoms with E-state index in [2.05, 4.69) is 0 Å². The molecule has 0 aromatic heterocycles. The lowest BCUT2D eigenvalue weighted by molar-refractivity contribution is 1.46. The molecule has 1 rings (SSSR count). The second-order valence-electron chi connectivity index (χ2n) is 2.63. The third-order valence-corrected chi connectivity index (χ3v) is 1.92. The van der Waals surface area contributed by atoms with Gasteiger partial charge in [-0.25, -0.2) is 0 Å². The van der Waals surface area contributed by atoms with Crippen molar-refractivity contribution in [2.45, 2.75) is 0 Å². The van der Waals surface area contributed by atoms with Gasteiger partial charge in [0.25, 0.3) is 0 Å². The summed E-state index contributed by atoms with van der Waals surface area (Å²) in [5.74, 6) is 0. The van der Waals surface area contributed by atoms with Crippen LogP contribution < -0.4 is 11.5 Å². The second kappa shape index (κ2) is 4.40. The number of nitriles is 1. The van der Waals surface area contributed by atoms with Crippen molar-refractivity contribution in [3.8, 4) is 6.07 Å². The number of rotatable bonds is 2. The Morgan fingerprint density at radius 1 is 1.21 bits per heavy atom. The first-order chi connectivity index (χ1) is 6.66. The van der Waals surface area contributed by atoms with Crippen LogP contribution in [0.1, 0.15) is 5.56 Å². The molecule has 0 unspecified atom stereocenters. The monoisotopic (exact) mass is 203 g/mol. The smallest absolute Gasteiger partial charge is 0.116 e. The van der Waals surface area contributed by atoms with E-state index in [9.17, 15) is 0 Å².